The third kappa shape index (κ3) is 3.33. The fraction of sp³-hybridized carbons (Fsp3) is 0.455. The molecule has 0 spiro atoms. The maximum atomic E-state index is 11.8. The molecule has 94 valence electrons. The van der Waals surface area contributed by atoms with Crippen molar-refractivity contribution in [3.63, 3.8) is 0 Å². The zero-order valence-electron chi connectivity index (χ0n) is 9.96. The first-order chi connectivity index (χ1) is 7.88. The predicted molar refractivity (Wildman–Crippen MR) is 66.6 cm³/mol. The lowest BCUT2D eigenvalue weighted by Crippen LogP contribution is -2.43. The Balaban J connectivity index is 2.60. The number of carbonyl (C=O) groups excluding carboxylic acids is 2. The van der Waals surface area contributed by atoms with E-state index in [0.717, 1.165) is 0 Å². The number of halogens is 1. The van der Waals surface area contributed by atoms with Crippen LogP contribution in [0.5, 0.6) is 0 Å². The first-order valence-electron chi connectivity index (χ1n) is 5.12. The van der Waals surface area contributed by atoms with Crippen LogP contribution in [-0.2, 0) is 4.79 Å². The Morgan fingerprint density at radius 1 is 1.47 bits per heavy atom. The quantitative estimate of drug-likeness (QED) is 0.886. The van der Waals surface area contributed by atoms with Crippen LogP contribution in [0.25, 0.3) is 0 Å². The summed E-state index contributed by atoms with van der Waals surface area (Å²) in [6.07, 6.45) is 1.42. The molecule has 0 bridgehead atoms. The third-order valence-electron chi connectivity index (χ3n) is 2.40. The molecule has 6 heteroatoms. The minimum atomic E-state index is -0.652. The van der Waals surface area contributed by atoms with Gasteiger partial charge in [0.2, 0.25) is 5.91 Å². The molecule has 1 aromatic rings. The molecule has 2 amide bonds. The van der Waals surface area contributed by atoms with Gasteiger partial charge in [0.15, 0.2) is 4.67 Å². The first kappa shape index (κ1) is 13.8. The van der Waals surface area contributed by atoms with Crippen molar-refractivity contribution >= 4 is 27.7 Å². The average molecular weight is 303 g/mol. The van der Waals surface area contributed by atoms with Crippen LogP contribution in [0.3, 0.4) is 0 Å². The van der Waals surface area contributed by atoms with Gasteiger partial charge >= 0.3 is 0 Å². The van der Waals surface area contributed by atoms with Crippen molar-refractivity contribution in [2.75, 3.05) is 13.6 Å². The van der Waals surface area contributed by atoms with Crippen molar-refractivity contribution < 1.29 is 14.0 Å². The number of hydrogen-bond donors (Lipinski definition) is 2. The smallest absolute Gasteiger partial charge is 0.255 e. The van der Waals surface area contributed by atoms with Crippen LogP contribution in [0.15, 0.2) is 21.4 Å². The van der Waals surface area contributed by atoms with Gasteiger partial charge in [0.1, 0.15) is 0 Å². The van der Waals surface area contributed by atoms with Gasteiger partial charge in [-0.2, -0.15) is 0 Å². The van der Waals surface area contributed by atoms with Crippen LogP contribution >= 0.6 is 15.9 Å². The van der Waals surface area contributed by atoms with Crippen LogP contribution in [0.1, 0.15) is 24.2 Å². The maximum absolute atomic E-state index is 11.8. The Morgan fingerprint density at radius 3 is 2.59 bits per heavy atom. The Labute approximate surface area is 108 Å². The van der Waals surface area contributed by atoms with Crippen molar-refractivity contribution in [3.8, 4) is 0 Å². The largest absolute Gasteiger partial charge is 0.457 e. The molecule has 0 aliphatic carbocycles. The summed E-state index contributed by atoms with van der Waals surface area (Å²) in [5, 5.41) is 5.25. The SMILES string of the molecule is CNC(=O)C(C)(C)CNC(=O)c1ccoc1Br. The van der Waals surface area contributed by atoms with E-state index in [4.69, 9.17) is 4.42 Å². The van der Waals surface area contributed by atoms with Gasteiger partial charge in [-0.1, -0.05) is 0 Å². The molecule has 0 aromatic carbocycles. The summed E-state index contributed by atoms with van der Waals surface area (Å²) in [5.74, 6) is -0.397. The summed E-state index contributed by atoms with van der Waals surface area (Å²) < 4.78 is 5.34. The Hall–Kier alpha value is -1.30. The molecule has 2 N–H and O–H groups in total. The lowest BCUT2D eigenvalue weighted by Gasteiger charge is -2.22. The van der Waals surface area contributed by atoms with E-state index in [2.05, 4.69) is 26.6 Å². The summed E-state index contributed by atoms with van der Waals surface area (Å²) in [4.78, 5) is 23.3. The first-order valence-corrected chi connectivity index (χ1v) is 5.91. The molecular formula is C11H15BrN2O3. The van der Waals surface area contributed by atoms with E-state index in [0.29, 0.717) is 10.2 Å². The summed E-state index contributed by atoms with van der Waals surface area (Å²) in [6.45, 7) is 3.77. The van der Waals surface area contributed by atoms with Gasteiger partial charge in [-0.05, 0) is 35.8 Å². The average Bonchev–Trinajstić information content (AvgIpc) is 2.71. The number of carbonyl (C=O) groups is 2. The van der Waals surface area contributed by atoms with Crippen molar-refractivity contribution in [1.82, 2.24) is 10.6 Å². The van der Waals surface area contributed by atoms with E-state index < -0.39 is 5.41 Å². The topological polar surface area (TPSA) is 71.3 Å². The number of amides is 2. The molecule has 0 fully saturated rings. The molecule has 17 heavy (non-hydrogen) atoms. The zero-order chi connectivity index (χ0) is 13.1. The summed E-state index contributed by atoms with van der Waals surface area (Å²) in [5.41, 5.74) is -0.238. The Kier molecular flexibility index (Phi) is 4.34. The van der Waals surface area contributed by atoms with Crippen LogP contribution in [-0.4, -0.2) is 25.4 Å². The van der Waals surface area contributed by atoms with Gasteiger partial charge in [-0.25, -0.2) is 0 Å². The van der Waals surface area contributed by atoms with Crippen molar-refractivity contribution in [1.29, 1.82) is 0 Å². The number of hydrogen-bond acceptors (Lipinski definition) is 3. The molecule has 1 rings (SSSR count). The van der Waals surface area contributed by atoms with Gasteiger partial charge in [-0.3, -0.25) is 9.59 Å². The number of nitrogens with one attached hydrogen (secondary N) is 2. The number of rotatable bonds is 4. The van der Waals surface area contributed by atoms with E-state index in [-0.39, 0.29) is 18.4 Å². The molecule has 0 aliphatic heterocycles. The fourth-order valence-electron chi connectivity index (χ4n) is 1.27. The second-order valence-electron chi connectivity index (χ2n) is 4.25. The molecule has 5 nitrogen and oxygen atoms in total. The van der Waals surface area contributed by atoms with Crippen LogP contribution in [0.2, 0.25) is 0 Å². The van der Waals surface area contributed by atoms with Gasteiger partial charge in [0, 0.05) is 13.6 Å². The Morgan fingerprint density at radius 2 is 2.12 bits per heavy atom. The van der Waals surface area contributed by atoms with Crippen LogP contribution in [0.4, 0.5) is 0 Å². The van der Waals surface area contributed by atoms with E-state index in [1.54, 1.807) is 27.0 Å². The molecule has 0 radical (unpaired) electrons. The standard InChI is InChI=1S/C11H15BrN2O3/c1-11(2,10(16)13-3)6-14-9(15)7-4-5-17-8(7)12/h4-5H,6H2,1-3H3,(H,13,16)(H,14,15). The minimum Gasteiger partial charge on any atom is -0.457 e. The monoisotopic (exact) mass is 302 g/mol. The summed E-state index contributed by atoms with van der Waals surface area (Å²) >= 11 is 3.12. The van der Waals surface area contributed by atoms with Crippen LogP contribution < -0.4 is 10.6 Å². The lowest BCUT2D eigenvalue weighted by molar-refractivity contribution is -0.128. The lowest BCUT2D eigenvalue weighted by atomic mass is 9.92. The molecule has 0 unspecified atom stereocenters. The summed E-state index contributed by atoms with van der Waals surface area (Å²) in [7, 11) is 1.57. The maximum Gasteiger partial charge on any atom is 0.255 e. The molecular weight excluding hydrogens is 288 g/mol. The number of furan rings is 1. The van der Waals surface area contributed by atoms with E-state index in [1.165, 1.54) is 6.26 Å². The van der Waals surface area contributed by atoms with Gasteiger partial charge < -0.3 is 15.1 Å². The minimum absolute atomic E-state index is 0.121. The predicted octanol–water partition coefficient (Wildman–Crippen LogP) is 1.54. The highest BCUT2D eigenvalue weighted by molar-refractivity contribution is 9.10. The zero-order valence-corrected chi connectivity index (χ0v) is 11.6. The van der Waals surface area contributed by atoms with Gasteiger partial charge in [0.05, 0.1) is 17.2 Å². The van der Waals surface area contributed by atoms with E-state index >= 15 is 0 Å². The highest BCUT2D eigenvalue weighted by Crippen LogP contribution is 2.18. The molecule has 1 aromatic heterocycles. The molecule has 0 atom stereocenters. The van der Waals surface area contributed by atoms with Crippen molar-refractivity contribution in [3.05, 3.63) is 22.6 Å². The van der Waals surface area contributed by atoms with Crippen LogP contribution in [0, 0.1) is 5.41 Å². The molecule has 1 heterocycles. The van der Waals surface area contributed by atoms with E-state index in [9.17, 15) is 9.59 Å². The normalized spacial score (nSPS) is 11.1. The van der Waals surface area contributed by atoms with Gasteiger partial charge in [-0.15, -0.1) is 0 Å². The molecule has 0 aliphatic rings. The van der Waals surface area contributed by atoms with Crippen molar-refractivity contribution in [2.24, 2.45) is 5.41 Å². The second kappa shape index (κ2) is 5.35. The fourth-order valence-corrected chi connectivity index (χ4v) is 1.69. The van der Waals surface area contributed by atoms with Crippen molar-refractivity contribution in [2.45, 2.75) is 13.8 Å². The second-order valence-corrected chi connectivity index (χ2v) is 4.97. The highest BCUT2D eigenvalue weighted by Gasteiger charge is 2.27. The van der Waals surface area contributed by atoms with Gasteiger partial charge in [0.25, 0.3) is 5.91 Å². The third-order valence-corrected chi connectivity index (χ3v) is 3.01. The molecule has 0 saturated heterocycles. The summed E-state index contributed by atoms with van der Waals surface area (Å²) in [6, 6.07) is 1.56. The molecule has 0 saturated carbocycles. The highest BCUT2D eigenvalue weighted by atomic mass is 79.9. The van der Waals surface area contributed by atoms with E-state index in [1.807, 2.05) is 0 Å². The Bertz CT molecular complexity index is 426.